The number of nitrogens with two attached hydrogens (primary N) is 1. The first-order valence-corrected chi connectivity index (χ1v) is 5.05. The SMILES string of the molecule is Cc1nc(Cl)ccc1NC(=O)CC(C)N. The molecule has 0 saturated heterocycles. The molecule has 4 nitrogen and oxygen atoms in total. The van der Waals surface area contributed by atoms with Crippen LogP contribution in [0.5, 0.6) is 0 Å². The number of nitrogens with zero attached hydrogens (tertiary/aromatic N) is 1. The van der Waals surface area contributed by atoms with E-state index in [-0.39, 0.29) is 11.9 Å². The highest BCUT2D eigenvalue weighted by atomic mass is 35.5. The zero-order valence-electron chi connectivity index (χ0n) is 8.75. The van der Waals surface area contributed by atoms with E-state index in [1.54, 1.807) is 26.0 Å². The second kappa shape index (κ2) is 5.09. The molecule has 0 aromatic carbocycles. The fourth-order valence-electron chi connectivity index (χ4n) is 1.16. The number of hydrogen-bond donors (Lipinski definition) is 2. The summed E-state index contributed by atoms with van der Waals surface area (Å²) >= 11 is 5.69. The minimum Gasteiger partial charge on any atom is -0.327 e. The van der Waals surface area contributed by atoms with Crippen molar-refractivity contribution < 1.29 is 4.79 Å². The molecule has 0 aliphatic heterocycles. The number of halogens is 1. The van der Waals surface area contributed by atoms with Crippen LogP contribution in [0.2, 0.25) is 5.15 Å². The minimum absolute atomic E-state index is 0.114. The summed E-state index contributed by atoms with van der Waals surface area (Å²) < 4.78 is 0. The first kappa shape index (κ1) is 11.9. The highest BCUT2D eigenvalue weighted by Crippen LogP contribution is 2.15. The maximum atomic E-state index is 11.4. The van der Waals surface area contributed by atoms with E-state index >= 15 is 0 Å². The second-order valence-corrected chi connectivity index (χ2v) is 3.88. The lowest BCUT2D eigenvalue weighted by atomic mass is 10.2. The van der Waals surface area contributed by atoms with Crippen LogP contribution >= 0.6 is 11.6 Å². The number of amides is 1. The van der Waals surface area contributed by atoms with Crippen LogP contribution in [0.1, 0.15) is 19.0 Å². The van der Waals surface area contributed by atoms with E-state index in [2.05, 4.69) is 10.3 Å². The molecule has 0 fully saturated rings. The van der Waals surface area contributed by atoms with Crippen LogP contribution in [0.4, 0.5) is 5.69 Å². The molecule has 1 heterocycles. The Morgan fingerprint density at radius 2 is 2.33 bits per heavy atom. The van der Waals surface area contributed by atoms with Crippen LogP contribution in [-0.4, -0.2) is 16.9 Å². The van der Waals surface area contributed by atoms with Gasteiger partial charge < -0.3 is 11.1 Å². The predicted octanol–water partition coefficient (Wildman–Crippen LogP) is 1.72. The molecule has 15 heavy (non-hydrogen) atoms. The van der Waals surface area contributed by atoms with Crippen molar-refractivity contribution in [1.82, 2.24) is 4.98 Å². The van der Waals surface area contributed by atoms with Gasteiger partial charge in [0.1, 0.15) is 5.15 Å². The van der Waals surface area contributed by atoms with Gasteiger partial charge in [0.05, 0.1) is 11.4 Å². The summed E-state index contributed by atoms with van der Waals surface area (Å²) in [5.74, 6) is -0.114. The van der Waals surface area contributed by atoms with E-state index in [4.69, 9.17) is 17.3 Å². The third kappa shape index (κ3) is 3.85. The Hall–Kier alpha value is -1.13. The Bertz CT molecular complexity index is 366. The Labute approximate surface area is 93.8 Å². The van der Waals surface area contributed by atoms with E-state index in [9.17, 15) is 4.79 Å². The van der Waals surface area contributed by atoms with Crippen molar-refractivity contribution in [3.8, 4) is 0 Å². The van der Waals surface area contributed by atoms with Gasteiger partial charge in [0.2, 0.25) is 5.91 Å². The number of pyridine rings is 1. The first-order valence-electron chi connectivity index (χ1n) is 4.67. The van der Waals surface area contributed by atoms with Crippen LogP contribution in [0.3, 0.4) is 0 Å². The third-order valence-electron chi connectivity index (χ3n) is 1.83. The first-order chi connectivity index (χ1) is 6.99. The van der Waals surface area contributed by atoms with Gasteiger partial charge in [-0.2, -0.15) is 0 Å². The Balaban J connectivity index is 2.68. The number of carbonyl (C=O) groups excluding carboxylic acids is 1. The van der Waals surface area contributed by atoms with Crippen molar-refractivity contribution in [2.45, 2.75) is 26.3 Å². The molecule has 0 aliphatic carbocycles. The van der Waals surface area contributed by atoms with Crippen LogP contribution in [0.15, 0.2) is 12.1 Å². The van der Waals surface area contributed by atoms with E-state index in [1.807, 2.05) is 0 Å². The molecule has 1 aromatic heterocycles. The quantitative estimate of drug-likeness (QED) is 0.773. The van der Waals surface area contributed by atoms with Crippen molar-refractivity contribution in [2.24, 2.45) is 5.73 Å². The molecule has 1 amide bonds. The molecule has 0 bridgehead atoms. The van der Waals surface area contributed by atoms with E-state index in [0.29, 0.717) is 23.0 Å². The highest BCUT2D eigenvalue weighted by Gasteiger charge is 2.07. The summed E-state index contributed by atoms with van der Waals surface area (Å²) in [4.78, 5) is 15.4. The summed E-state index contributed by atoms with van der Waals surface area (Å²) in [6.07, 6.45) is 0.294. The van der Waals surface area contributed by atoms with E-state index < -0.39 is 0 Å². The van der Waals surface area contributed by atoms with Crippen molar-refractivity contribution >= 4 is 23.2 Å². The lowest BCUT2D eigenvalue weighted by molar-refractivity contribution is -0.116. The molecule has 3 N–H and O–H groups in total. The average molecular weight is 228 g/mol. The van der Waals surface area contributed by atoms with Gasteiger partial charge in [-0.1, -0.05) is 11.6 Å². The maximum absolute atomic E-state index is 11.4. The monoisotopic (exact) mass is 227 g/mol. The predicted molar refractivity (Wildman–Crippen MR) is 60.9 cm³/mol. The number of aryl methyl sites for hydroxylation is 1. The lowest BCUT2D eigenvalue weighted by Crippen LogP contribution is -2.24. The number of hydrogen-bond acceptors (Lipinski definition) is 3. The van der Waals surface area contributed by atoms with E-state index in [1.165, 1.54) is 0 Å². The second-order valence-electron chi connectivity index (χ2n) is 3.50. The molecule has 1 aromatic rings. The number of aromatic nitrogens is 1. The van der Waals surface area contributed by atoms with Crippen LogP contribution in [-0.2, 0) is 4.79 Å². The van der Waals surface area contributed by atoms with Gasteiger partial charge in [-0.05, 0) is 26.0 Å². The Kier molecular flexibility index (Phi) is 4.05. The molecule has 0 radical (unpaired) electrons. The lowest BCUT2D eigenvalue weighted by Gasteiger charge is -2.09. The van der Waals surface area contributed by atoms with Gasteiger partial charge in [0, 0.05) is 12.5 Å². The number of anilines is 1. The molecule has 0 saturated carbocycles. The Morgan fingerprint density at radius 3 is 2.87 bits per heavy atom. The average Bonchev–Trinajstić information content (AvgIpc) is 2.08. The summed E-state index contributed by atoms with van der Waals surface area (Å²) in [6, 6.07) is 3.21. The van der Waals surface area contributed by atoms with E-state index in [0.717, 1.165) is 0 Å². The summed E-state index contributed by atoms with van der Waals surface area (Å²) in [7, 11) is 0. The molecule has 0 spiro atoms. The third-order valence-corrected chi connectivity index (χ3v) is 2.04. The molecular weight excluding hydrogens is 214 g/mol. The summed E-state index contributed by atoms with van der Waals surface area (Å²) in [5, 5.41) is 3.14. The molecule has 1 rings (SSSR count). The number of carbonyl (C=O) groups is 1. The van der Waals surface area contributed by atoms with Crippen molar-refractivity contribution in [3.63, 3.8) is 0 Å². The van der Waals surface area contributed by atoms with Gasteiger partial charge in [-0.15, -0.1) is 0 Å². The van der Waals surface area contributed by atoms with Gasteiger partial charge in [-0.25, -0.2) is 4.98 Å². The van der Waals surface area contributed by atoms with Crippen molar-refractivity contribution in [2.75, 3.05) is 5.32 Å². The van der Waals surface area contributed by atoms with Gasteiger partial charge in [-0.3, -0.25) is 4.79 Å². The molecule has 1 atom stereocenters. The minimum atomic E-state index is -0.148. The van der Waals surface area contributed by atoms with Gasteiger partial charge >= 0.3 is 0 Å². The molecule has 0 aliphatic rings. The smallest absolute Gasteiger partial charge is 0.225 e. The fraction of sp³-hybridized carbons (Fsp3) is 0.400. The number of rotatable bonds is 3. The highest BCUT2D eigenvalue weighted by molar-refractivity contribution is 6.29. The van der Waals surface area contributed by atoms with Crippen molar-refractivity contribution in [1.29, 1.82) is 0 Å². The zero-order chi connectivity index (χ0) is 11.4. The van der Waals surface area contributed by atoms with Crippen LogP contribution in [0, 0.1) is 6.92 Å². The van der Waals surface area contributed by atoms with Crippen LogP contribution < -0.4 is 11.1 Å². The maximum Gasteiger partial charge on any atom is 0.225 e. The normalized spacial score (nSPS) is 12.3. The van der Waals surface area contributed by atoms with Gasteiger partial charge in [0.25, 0.3) is 0 Å². The topological polar surface area (TPSA) is 68.0 Å². The largest absolute Gasteiger partial charge is 0.327 e. The van der Waals surface area contributed by atoms with Crippen LogP contribution in [0.25, 0.3) is 0 Å². The molecular formula is C10H14ClN3O. The summed E-state index contributed by atoms with van der Waals surface area (Å²) in [5.41, 5.74) is 6.88. The zero-order valence-corrected chi connectivity index (χ0v) is 9.51. The molecule has 5 heteroatoms. The molecule has 82 valence electrons. The Morgan fingerprint density at radius 1 is 1.67 bits per heavy atom. The summed E-state index contributed by atoms with van der Waals surface area (Å²) in [6.45, 7) is 3.57. The van der Waals surface area contributed by atoms with Gasteiger partial charge in [0.15, 0.2) is 0 Å². The standard InChI is InChI=1S/C10H14ClN3O/c1-6(12)5-10(15)14-8-3-4-9(11)13-7(8)2/h3-4,6H,5,12H2,1-2H3,(H,14,15). The molecule has 1 unspecified atom stereocenters. The number of nitrogens with one attached hydrogen (secondary N) is 1. The van der Waals surface area contributed by atoms with Crippen molar-refractivity contribution in [3.05, 3.63) is 23.0 Å². The fourth-order valence-corrected chi connectivity index (χ4v) is 1.35.